The minimum atomic E-state index is -0.0464. The molecular weight excluding hydrogens is 608 g/mol. The zero-order valence-corrected chi connectivity index (χ0v) is 26.6. The van der Waals surface area contributed by atoms with E-state index in [-0.39, 0.29) is 52.4 Å². The normalized spacial score (nSPS) is 14.1. The second-order valence-electron chi connectivity index (χ2n) is 11.0. The number of ether oxygens (including phenoxy) is 2. The fourth-order valence-electron chi connectivity index (χ4n) is 5.70. The van der Waals surface area contributed by atoms with E-state index in [0.29, 0.717) is 23.6 Å². The predicted molar refractivity (Wildman–Crippen MR) is 183 cm³/mol. The molecule has 12 N–H and O–H groups in total. The van der Waals surface area contributed by atoms with Crippen molar-refractivity contribution in [3.05, 3.63) is 73.1 Å². The highest BCUT2D eigenvalue weighted by Gasteiger charge is 2.17. The Kier molecular flexibility index (Phi) is 20.1. The van der Waals surface area contributed by atoms with Gasteiger partial charge in [-0.25, -0.2) is 0 Å². The number of amides is 2. The lowest BCUT2D eigenvalue weighted by atomic mass is 9.95. The van der Waals surface area contributed by atoms with E-state index in [0.717, 1.165) is 47.5 Å². The molecule has 0 radical (unpaired) electrons. The molecule has 47 heavy (non-hydrogen) atoms. The molecule has 2 aromatic heterocycles. The molecule has 0 spiro atoms. The van der Waals surface area contributed by atoms with Gasteiger partial charge in [0.05, 0.1) is 0 Å². The minimum Gasteiger partial charge on any atom is -0.481 e. The van der Waals surface area contributed by atoms with Crippen molar-refractivity contribution in [1.82, 2.24) is 20.6 Å². The van der Waals surface area contributed by atoms with Crippen LogP contribution >= 0.6 is 0 Å². The van der Waals surface area contributed by atoms with Crippen LogP contribution in [0.25, 0.3) is 21.8 Å². The van der Waals surface area contributed by atoms with Crippen LogP contribution in [0.5, 0.6) is 11.5 Å². The molecule has 2 heterocycles. The number of pyridine rings is 2. The summed E-state index contributed by atoms with van der Waals surface area (Å²) in [5, 5.41) is 8.14. The molecule has 6 rings (SSSR count). The zero-order valence-electron chi connectivity index (χ0n) is 26.6. The van der Waals surface area contributed by atoms with Crippen LogP contribution in [-0.4, -0.2) is 74.5 Å². The lowest BCUT2D eigenvalue weighted by Crippen LogP contribution is -2.39. The number of fused-ring (bicyclic) bond motifs is 2. The third-order valence-electron chi connectivity index (χ3n) is 7.85. The van der Waals surface area contributed by atoms with Crippen LogP contribution in [0.2, 0.25) is 0 Å². The van der Waals surface area contributed by atoms with Gasteiger partial charge in [-0.1, -0.05) is 74.9 Å². The summed E-state index contributed by atoms with van der Waals surface area (Å²) < 4.78 is 11.3. The molecule has 0 bridgehead atoms. The SMILES string of the molecule is O.O.O.O.O.O=C(COc1cccc2cccnc12)NC1CCCCC1.O=C(COc1cccc2cccnc12)NC1CCCCC1. The van der Waals surface area contributed by atoms with E-state index in [1.165, 1.54) is 38.5 Å². The van der Waals surface area contributed by atoms with E-state index in [9.17, 15) is 9.59 Å². The molecule has 0 aliphatic heterocycles. The molecule has 13 nitrogen and oxygen atoms in total. The highest BCUT2D eigenvalue weighted by Crippen LogP contribution is 2.24. The van der Waals surface area contributed by atoms with Crippen LogP contribution in [0.4, 0.5) is 0 Å². The second kappa shape index (κ2) is 22.2. The molecule has 2 aliphatic rings. The molecule has 2 amide bonds. The van der Waals surface area contributed by atoms with Gasteiger partial charge in [0.2, 0.25) is 0 Å². The number of carbonyl (C=O) groups is 2. The van der Waals surface area contributed by atoms with Gasteiger partial charge < -0.3 is 47.5 Å². The zero-order chi connectivity index (χ0) is 29.0. The van der Waals surface area contributed by atoms with Crippen LogP contribution in [-0.2, 0) is 9.59 Å². The largest absolute Gasteiger partial charge is 0.481 e. The molecule has 2 aliphatic carbocycles. The van der Waals surface area contributed by atoms with E-state index >= 15 is 0 Å². The summed E-state index contributed by atoms with van der Waals surface area (Å²) in [6, 6.07) is 19.9. The standard InChI is InChI=1S/2C17H20N2O2.5H2O/c2*20-16(19-14-8-2-1-3-9-14)12-21-15-10-4-6-13-7-5-11-18-17(13)15;;;;;/h2*4-7,10-11,14H,1-3,8-9,12H2,(H,19,20);5*1H2. The van der Waals surface area contributed by atoms with Crippen molar-refractivity contribution in [1.29, 1.82) is 0 Å². The van der Waals surface area contributed by atoms with Crippen LogP contribution in [0, 0.1) is 0 Å². The Bertz CT molecular complexity index is 1360. The van der Waals surface area contributed by atoms with E-state index in [1.54, 1.807) is 12.4 Å². The average molecular weight is 659 g/mol. The summed E-state index contributed by atoms with van der Waals surface area (Å²) in [5.74, 6) is 1.23. The maximum atomic E-state index is 12.0. The average Bonchev–Trinajstić information content (AvgIpc) is 3.04. The maximum Gasteiger partial charge on any atom is 0.258 e. The van der Waals surface area contributed by atoms with Gasteiger partial charge in [0.25, 0.3) is 11.8 Å². The number of aromatic nitrogens is 2. The van der Waals surface area contributed by atoms with Crippen molar-refractivity contribution < 1.29 is 46.4 Å². The van der Waals surface area contributed by atoms with Gasteiger partial charge in [-0.05, 0) is 49.9 Å². The van der Waals surface area contributed by atoms with E-state index < -0.39 is 0 Å². The molecule has 13 heteroatoms. The molecule has 4 aromatic rings. The van der Waals surface area contributed by atoms with E-state index in [1.807, 2.05) is 60.7 Å². The summed E-state index contributed by atoms with van der Waals surface area (Å²) in [5.41, 5.74) is 1.59. The van der Waals surface area contributed by atoms with Gasteiger partial charge in [0.1, 0.15) is 22.5 Å². The van der Waals surface area contributed by atoms with Gasteiger partial charge >= 0.3 is 0 Å². The van der Waals surface area contributed by atoms with Crippen LogP contribution in [0.3, 0.4) is 0 Å². The van der Waals surface area contributed by atoms with Gasteiger partial charge in [-0.15, -0.1) is 0 Å². The van der Waals surface area contributed by atoms with Crippen molar-refractivity contribution in [3.8, 4) is 11.5 Å². The molecule has 2 fully saturated rings. The Morgan fingerprint density at radius 3 is 1.30 bits per heavy atom. The number of nitrogens with one attached hydrogen (secondary N) is 2. The molecular formula is C34H50N4O9. The van der Waals surface area contributed by atoms with Crippen LogP contribution in [0.1, 0.15) is 64.2 Å². The summed E-state index contributed by atoms with van der Waals surface area (Å²) in [6.07, 6.45) is 15.2. The Morgan fingerprint density at radius 2 is 0.915 bits per heavy atom. The summed E-state index contributed by atoms with van der Waals surface area (Å²) in [7, 11) is 0. The molecule has 0 unspecified atom stereocenters. The van der Waals surface area contributed by atoms with E-state index in [2.05, 4.69) is 20.6 Å². The molecule has 260 valence electrons. The molecule has 2 aromatic carbocycles. The van der Waals surface area contributed by atoms with Crippen molar-refractivity contribution in [3.63, 3.8) is 0 Å². The maximum absolute atomic E-state index is 12.0. The number of hydrogen-bond acceptors (Lipinski definition) is 6. The number of hydrogen-bond donors (Lipinski definition) is 2. The number of rotatable bonds is 8. The summed E-state index contributed by atoms with van der Waals surface area (Å²) in [6.45, 7) is 0.0956. The monoisotopic (exact) mass is 658 g/mol. The smallest absolute Gasteiger partial charge is 0.258 e. The quantitative estimate of drug-likeness (QED) is 0.286. The van der Waals surface area contributed by atoms with Gasteiger partial charge in [0.15, 0.2) is 13.2 Å². The molecule has 0 atom stereocenters. The highest BCUT2D eigenvalue weighted by atomic mass is 16.5. The summed E-state index contributed by atoms with van der Waals surface area (Å²) >= 11 is 0. The first kappa shape index (κ1) is 42.6. The van der Waals surface area contributed by atoms with Crippen molar-refractivity contribution in [2.75, 3.05) is 13.2 Å². The minimum absolute atomic E-state index is 0. The topological polar surface area (TPSA) is 260 Å². The number of benzene rings is 2. The number of nitrogens with zero attached hydrogens (tertiary/aromatic N) is 2. The molecule has 0 saturated heterocycles. The van der Waals surface area contributed by atoms with Gasteiger partial charge in [0, 0.05) is 35.2 Å². The van der Waals surface area contributed by atoms with Gasteiger partial charge in [-0.3, -0.25) is 19.6 Å². The Morgan fingerprint density at radius 1 is 0.553 bits per heavy atom. The Balaban J connectivity index is 0.000000814. The lowest BCUT2D eigenvalue weighted by Gasteiger charge is -2.22. The van der Waals surface area contributed by atoms with Crippen LogP contribution < -0.4 is 20.1 Å². The van der Waals surface area contributed by atoms with Crippen LogP contribution in [0.15, 0.2) is 73.1 Å². The Hall–Kier alpha value is -4.40. The predicted octanol–water partition coefficient (Wildman–Crippen LogP) is 2.00. The first-order chi connectivity index (χ1) is 20.7. The fraction of sp³-hybridized carbons (Fsp3) is 0.412. The first-order valence-electron chi connectivity index (χ1n) is 15.2. The highest BCUT2D eigenvalue weighted by molar-refractivity contribution is 5.86. The third kappa shape index (κ3) is 12.7. The summed E-state index contributed by atoms with van der Waals surface area (Å²) in [4.78, 5) is 32.6. The Labute approximate surface area is 274 Å². The second-order valence-corrected chi connectivity index (χ2v) is 11.0. The van der Waals surface area contributed by atoms with Gasteiger partial charge in [-0.2, -0.15) is 0 Å². The third-order valence-corrected chi connectivity index (χ3v) is 7.85. The van der Waals surface area contributed by atoms with Crippen molar-refractivity contribution in [2.45, 2.75) is 76.3 Å². The number of para-hydroxylation sites is 2. The van der Waals surface area contributed by atoms with Crippen molar-refractivity contribution in [2.24, 2.45) is 0 Å². The molecule has 2 saturated carbocycles. The first-order valence-corrected chi connectivity index (χ1v) is 15.2. The number of carbonyl (C=O) groups excluding carboxylic acids is 2. The fourth-order valence-corrected chi connectivity index (χ4v) is 5.70. The van der Waals surface area contributed by atoms with Crippen molar-refractivity contribution >= 4 is 33.6 Å². The lowest BCUT2D eigenvalue weighted by molar-refractivity contribution is -0.124. The van der Waals surface area contributed by atoms with E-state index in [4.69, 9.17) is 9.47 Å².